The van der Waals surface area contributed by atoms with Gasteiger partial charge in [-0.2, -0.15) is 0 Å². The molecule has 0 aliphatic carbocycles. The maximum Gasteiger partial charge on any atom is 0.251 e. The zero-order valence-electron chi connectivity index (χ0n) is 15.0. The molecule has 0 heterocycles. The SMILES string of the molecule is CCN(CC)c1ccc(C(=O)NCc2cccc(N(C)C)c2)cc1. The van der Waals surface area contributed by atoms with Gasteiger partial charge in [0.2, 0.25) is 0 Å². The van der Waals surface area contributed by atoms with Crippen LogP contribution in [0.15, 0.2) is 48.5 Å². The standard InChI is InChI=1S/C20H27N3O/c1-5-23(6-2)18-12-10-17(11-13-18)20(24)21-15-16-8-7-9-19(14-16)22(3)4/h7-14H,5-6,15H2,1-4H3,(H,21,24). The van der Waals surface area contributed by atoms with E-state index < -0.39 is 0 Å². The summed E-state index contributed by atoms with van der Waals surface area (Å²) < 4.78 is 0. The van der Waals surface area contributed by atoms with Crippen molar-refractivity contribution in [2.45, 2.75) is 20.4 Å². The predicted octanol–water partition coefficient (Wildman–Crippen LogP) is 3.53. The Hall–Kier alpha value is -2.49. The highest BCUT2D eigenvalue weighted by Crippen LogP contribution is 2.16. The van der Waals surface area contributed by atoms with Crippen molar-refractivity contribution in [3.05, 3.63) is 59.7 Å². The molecule has 0 radical (unpaired) electrons. The monoisotopic (exact) mass is 325 g/mol. The summed E-state index contributed by atoms with van der Waals surface area (Å²) in [6.07, 6.45) is 0. The molecular formula is C20H27N3O. The second-order valence-corrected chi connectivity index (χ2v) is 5.97. The lowest BCUT2D eigenvalue weighted by Crippen LogP contribution is -2.24. The van der Waals surface area contributed by atoms with E-state index in [1.165, 1.54) is 0 Å². The van der Waals surface area contributed by atoms with E-state index in [1.807, 2.05) is 50.5 Å². The van der Waals surface area contributed by atoms with Crippen LogP contribution in [0.4, 0.5) is 11.4 Å². The molecule has 0 unspecified atom stereocenters. The molecule has 0 saturated heterocycles. The van der Waals surface area contributed by atoms with Crippen LogP contribution < -0.4 is 15.1 Å². The molecule has 0 aliphatic rings. The van der Waals surface area contributed by atoms with Crippen molar-refractivity contribution in [1.82, 2.24) is 5.32 Å². The van der Waals surface area contributed by atoms with E-state index in [1.54, 1.807) is 0 Å². The van der Waals surface area contributed by atoms with Crippen molar-refractivity contribution in [2.75, 3.05) is 37.0 Å². The maximum atomic E-state index is 12.3. The van der Waals surface area contributed by atoms with Crippen LogP contribution >= 0.6 is 0 Å². The molecule has 2 aromatic rings. The van der Waals surface area contributed by atoms with E-state index in [0.717, 1.165) is 30.0 Å². The Kier molecular flexibility index (Phi) is 6.24. The van der Waals surface area contributed by atoms with Gasteiger partial charge in [0.05, 0.1) is 0 Å². The van der Waals surface area contributed by atoms with E-state index in [4.69, 9.17) is 0 Å². The molecule has 2 aromatic carbocycles. The topological polar surface area (TPSA) is 35.6 Å². The Balaban J connectivity index is 1.98. The number of anilines is 2. The van der Waals surface area contributed by atoms with Crippen molar-refractivity contribution >= 4 is 17.3 Å². The minimum atomic E-state index is -0.0450. The summed E-state index contributed by atoms with van der Waals surface area (Å²) >= 11 is 0. The third-order valence-corrected chi connectivity index (χ3v) is 4.14. The van der Waals surface area contributed by atoms with Crippen LogP contribution in [0.2, 0.25) is 0 Å². The third kappa shape index (κ3) is 4.51. The minimum Gasteiger partial charge on any atom is -0.378 e. The first-order chi connectivity index (χ1) is 11.5. The lowest BCUT2D eigenvalue weighted by Gasteiger charge is -2.21. The van der Waals surface area contributed by atoms with Crippen LogP contribution in [0, 0.1) is 0 Å². The average Bonchev–Trinajstić information content (AvgIpc) is 2.61. The summed E-state index contributed by atoms with van der Waals surface area (Å²) in [5.74, 6) is -0.0450. The van der Waals surface area contributed by atoms with Gasteiger partial charge < -0.3 is 15.1 Å². The van der Waals surface area contributed by atoms with Crippen LogP contribution in [0.5, 0.6) is 0 Å². The summed E-state index contributed by atoms with van der Waals surface area (Å²) in [4.78, 5) is 16.6. The normalized spacial score (nSPS) is 10.3. The van der Waals surface area contributed by atoms with Crippen molar-refractivity contribution in [3.63, 3.8) is 0 Å². The highest BCUT2D eigenvalue weighted by Gasteiger charge is 2.07. The summed E-state index contributed by atoms with van der Waals surface area (Å²) in [7, 11) is 4.02. The number of amides is 1. The van der Waals surface area contributed by atoms with Gasteiger partial charge in [0.15, 0.2) is 0 Å². The fraction of sp³-hybridized carbons (Fsp3) is 0.350. The molecule has 0 bridgehead atoms. The molecule has 4 heteroatoms. The second kappa shape index (κ2) is 8.39. The molecule has 1 amide bonds. The highest BCUT2D eigenvalue weighted by molar-refractivity contribution is 5.94. The minimum absolute atomic E-state index is 0.0450. The first-order valence-electron chi connectivity index (χ1n) is 8.44. The van der Waals surface area contributed by atoms with Crippen LogP contribution in [0.3, 0.4) is 0 Å². The zero-order chi connectivity index (χ0) is 17.5. The van der Waals surface area contributed by atoms with E-state index in [9.17, 15) is 4.79 Å². The Morgan fingerprint density at radius 1 is 0.958 bits per heavy atom. The quantitative estimate of drug-likeness (QED) is 0.846. The van der Waals surface area contributed by atoms with Crippen LogP contribution in [0.1, 0.15) is 29.8 Å². The number of hydrogen-bond acceptors (Lipinski definition) is 3. The Labute approximate surface area is 145 Å². The fourth-order valence-electron chi connectivity index (χ4n) is 2.64. The first kappa shape index (κ1) is 17.9. The van der Waals surface area contributed by atoms with Gasteiger partial charge in [-0.25, -0.2) is 0 Å². The van der Waals surface area contributed by atoms with E-state index in [2.05, 4.69) is 41.1 Å². The summed E-state index contributed by atoms with van der Waals surface area (Å²) in [5.41, 5.74) is 4.06. The molecule has 0 fully saturated rings. The van der Waals surface area contributed by atoms with Crippen LogP contribution in [-0.4, -0.2) is 33.1 Å². The fourth-order valence-corrected chi connectivity index (χ4v) is 2.64. The molecule has 0 saturated carbocycles. The molecule has 0 aromatic heterocycles. The van der Waals surface area contributed by atoms with E-state index in [-0.39, 0.29) is 5.91 Å². The number of carbonyl (C=O) groups excluding carboxylic acids is 1. The lowest BCUT2D eigenvalue weighted by molar-refractivity contribution is 0.0951. The molecule has 128 valence electrons. The van der Waals surface area contributed by atoms with Crippen molar-refractivity contribution in [3.8, 4) is 0 Å². The average molecular weight is 325 g/mol. The number of nitrogens with one attached hydrogen (secondary N) is 1. The van der Waals surface area contributed by atoms with Gasteiger partial charge in [0.1, 0.15) is 0 Å². The molecule has 0 aliphatic heterocycles. The van der Waals surface area contributed by atoms with Crippen molar-refractivity contribution in [2.24, 2.45) is 0 Å². The largest absolute Gasteiger partial charge is 0.378 e. The number of benzene rings is 2. The van der Waals surface area contributed by atoms with Crippen LogP contribution in [0.25, 0.3) is 0 Å². The second-order valence-electron chi connectivity index (χ2n) is 5.97. The number of nitrogens with zero attached hydrogens (tertiary/aromatic N) is 2. The number of rotatable bonds is 7. The van der Waals surface area contributed by atoms with Gasteiger partial charge in [-0.1, -0.05) is 12.1 Å². The van der Waals surface area contributed by atoms with Gasteiger partial charge in [-0.3, -0.25) is 4.79 Å². The van der Waals surface area contributed by atoms with Gasteiger partial charge >= 0.3 is 0 Å². The predicted molar refractivity (Wildman–Crippen MR) is 102 cm³/mol. The van der Waals surface area contributed by atoms with Crippen molar-refractivity contribution in [1.29, 1.82) is 0 Å². The highest BCUT2D eigenvalue weighted by atomic mass is 16.1. The Morgan fingerprint density at radius 3 is 2.21 bits per heavy atom. The molecule has 1 N–H and O–H groups in total. The summed E-state index contributed by atoms with van der Waals surface area (Å²) in [5, 5.41) is 2.99. The van der Waals surface area contributed by atoms with Gasteiger partial charge in [-0.05, 0) is 55.8 Å². The Bertz CT molecular complexity index is 661. The molecule has 4 nitrogen and oxygen atoms in total. The Morgan fingerprint density at radius 2 is 1.62 bits per heavy atom. The molecule has 0 spiro atoms. The third-order valence-electron chi connectivity index (χ3n) is 4.14. The van der Waals surface area contributed by atoms with Crippen molar-refractivity contribution < 1.29 is 4.79 Å². The maximum absolute atomic E-state index is 12.3. The lowest BCUT2D eigenvalue weighted by atomic mass is 10.1. The van der Waals surface area contributed by atoms with E-state index in [0.29, 0.717) is 12.1 Å². The molecule has 2 rings (SSSR count). The van der Waals surface area contributed by atoms with Gasteiger partial charge in [0.25, 0.3) is 5.91 Å². The van der Waals surface area contributed by atoms with Gasteiger partial charge in [-0.15, -0.1) is 0 Å². The smallest absolute Gasteiger partial charge is 0.251 e. The van der Waals surface area contributed by atoms with E-state index >= 15 is 0 Å². The first-order valence-corrected chi connectivity index (χ1v) is 8.44. The molecule has 24 heavy (non-hydrogen) atoms. The summed E-state index contributed by atoms with van der Waals surface area (Å²) in [6.45, 7) is 6.71. The van der Waals surface area contributed by atoms with Gasteiger partial charge in [0, 0.05) is 50.7 Å². The summed E-state index contributed by atoms with van der Waals surface area (Å²) in [6, 6.07) is 16.0. The zero-order valence-corrected chi connectivity index (χ0v) is 15.0. The molecule has 0 atom stereocenters. The molecular weight excluding hydrogens is 298 g/mol. The number of carbonyl (C=O) groups is 1. The van der Waals surface area contributed by atoms with Crippen LogP contribution in [-0.2, 0) is 6.54 Å². The number of hydrogen-bond donors (Lipinski definition) is 1.